The van der Waals surface area contributed by atoms with Crippen LogP contribution in [0, 0.1) is 26.7 Å². The summed E-state index contributed by atoms with van der Waals surface area (Å²) in [6, 6.07) is 3.92. The van der Waals surface area contributed by atoms with Gasteiger partial charge in [-0.05, 0) is 70.9 Å². The van der Waals surface area contributed by atoms with E-state index in [2.05, 4.69) is 68.0 Å². The highest BCUT2D eigenvalue weighted by Crippen LogP contribution is 2.55. The molecule has 0 amide bonds. The average molecular weight is 587 g/mol. The summed E-state index contributed by atoms with van der Waals surface area (Å²) in [5.41, 5.74) is 4.32. The molecule has 0 radical (unpaired) electrons. The fraction of sp³-hybridized carbons (Fsp3) is 0.517. The van der Waals surface area contributed by atoms with Crippen LogP contribution < -0.4 is 9.47 Å². The van der Waals surface area contributed by atoms with Gasteiger partial charge >= 0.3 is 0 Å². The zero-order valence-corrected chi connectivity index (χ0v) is 23.7. The van der Waals surface area contributed by atoms with Crippen LogP contribution in [0.2, 0.25) is 0 Å². The first-order valence-electron chi connectivity index (χ1n) is 12.2. The number of allylic oxidation sites excluding steroid dienone is 4. The van der Waals surface area contributed by atoms with Crippen molar-refractivity contribution in [2.24, 2.45) is 10.8 Å². The van der Waals surface area contributed by atoms with E-state index in [0.29, 0.717) is 24.3 Å². The Morgan fingerprint density at radius 1 is 1.03 bits per heavy atom. The van der Waals surface area contributed by atoms with Crippen molar-refractivity contribution in [1.82, 2.24) is 4.90 Å². The first-order valence-corrected chi connectivity index (χ1v) is 13.2. The average Bonchev–Trinajstić information content (AvgIpc) is 2.74. The minimum absolute atomic E-state index is 0.126. The molecule has 0 atom stereocenters. The van der Waals surface area contributed by atoms with E-state index < -0.39 is 5.92 Å². The number of hydrogen-bond acceptors (Lipinski definition) is 5. The Kier molecular flexibility index (Phi) is 6.87. The summed E-state index contributed by atoms with van der Waals surface area (Å²) >= 11 is 2.21. The van der Waals surface area contributed by atoms with Crippen molar-refractivity contribution in [3.05, 3.63) is 43.8 Å². The minimum atomic E-state index is -0.404. The molecule has 4 rings (SSSR count). The van der Waals surface area contributed by atoms with E-state index in [-0.39, 0.29) is 29.0 Å². The van der Waals surface area contributed by atoms with Gasteiger partial charge < -0.3 is 14.4 Å². The highest BCUT2D eigenvalue weighted by atomic mass is 127. The summed E-state index contributed by atoms with van der Waals surface area (Å²) in [5.74, 6) is 3.48. The number of halogens is 1. The zero-order valence-electron chi connectivity index (χ0n) is 21.5. The number of hydrogen-bond donors (Lipinski definition) is 0. The summed E-state index contributed by atoms with van der Waals surface area (Å²) < 4.78 is 12.3. The molecule has 0 spiro atoms. The Hall–Kier alpha value is -2.27. The molecule has 0 fully saturated rings. The van der Waals surface area contributed by atoms with Gasteiger partial charge in [0.05, 0.1) is 10.7 Å². The van der Waals surface area contributed by atoms with Crippen molar-refractivity contribution in [3.63, 3.8) is 0 Å². The van der Waals surface area contributed by atoms with Gasteiger partial charge in [-0.2, -0.15) is 0 Å². The highest BCUT2D eigenvalue weighted by molar-refractivity contribution is 14.1. The maximum atomic E-state index is 13.7. The third-order valence-electron chi connectivity index (χ3n) is 7.22. The summed E-state index contributed by atoms with van der Waals surface area (Å²) in [5, 5.41) is 0. The van der Waals surface area contributed by atoms with Crippen molar-refractivity contribution >= 4 is 34.2 Å². The number of carbonyl (C=O) groups is 2. The summed E-state index contributed by atoms with van der Waals surface area (Å²) in [4.78, 5) is 29.8. The van der Waals surface area contributed by atoms with Crippen molar-refractivity contribution in [3.8, 4) is 23.8 Å². The SMILES string of the molecule is C#CCOc1c(I)cc(C2C3=C(CC(C)(C)CC3=O)N(CC)C3=C2C(=O)CC(C)(C)C3)cc1OC. The Morgan fingerprint density at radius 2 is 1.57 bits per heavy atom. The van der Waals surface area contributed by atoms with Crippen LogP contribution in [-0.2, 0) is 9.59 Å². The minimum Gasteiger partial charge on any atom is -0.493 e. The van der Waals surface area contributed by atoms with Gasteiger partial charge in [-0.3, -0.25) is 9.59 Å². The van der Waals surface area contributed by atoms with Crippen molar-refractivity contribution in [2.75, 3.05) is 20.3 Å². The molecule has 5 nitrogen and oxygen atoms in total. The van der Waals surface area contributed by atoms with Crippen molar-refractivity contribution in [2.45, 2.75) is 66.2 Å². The molecule has 186 valence electrons. The van der Waals surface area contributed by atoms with Crippen LogP contribution in [0.3, 0.4) is 0 Å². The standard InChI is InChI=1S/C29H34INO4/c1-8-10-35-27-18(30)11-17(12-23(27)34-7)24-25-19(13-28(3,4)15-21(25)32)31(9-2)20-14-29(5,6)16-22(33)26(20)24/h1,11-12,24H,9-10,13-16H2,2-7H3. The highest BCUT2D eigenvalue weighted by Gasteiger charge is 2.48. The van der Waals surface area contributed by atoms with Gasteiger partial charge in [0.25, 0.3) is 0 Å². The molecular weight excluding hydrogens is 553 g/mol. The number of benzene rings is 1. The fourth-order valence-corrected chi connectivity index (χ4v) is 6.70. The first-order chi connectivity index (χ1) is 16.4. The van der Waals surface area contributed by atoms with E-state index in [9.17, 15) is 9.59 Å². The number of ether oxygens (including phenoxy) is 2. The molecule has 1 aromatic carbocycles. The molecule has 0 N–H and O–H groups in total. The Labute approximate surface area is 222 Å². The van der Waals surface area contributed by atoms with Crippen LogP contribution in [0.4, 0.5) is 0 Å². The number of carbonyl (C=O) groups excluding carboxylic acids is 2. The maximum absolute atomic E-state index is 13.7. The van der Waals surface area contributed by atoms with Crippen LogP contribution >= 0.6 is 22.6 Å². The van der Waals surface area contributed by atoms with E-state index in [0.717, 1.165) is 51.1 Å². The zero-order chi connectivity index (χ0) is 25.7. The lowest BCUT2D eigenvalue weighted by molar-refractivity contribution is -0.119. The molecule has 0 aromatic heterocycles. The molecule has 0 saturated heterocycles. The van der Waals surface area contributed by atoms with Crippen LogP contribution in [-0.4, -0.2) is 36.7 Å². The first kappa shape index (κ1) is 25.8. The topological polar surface area (TPSA) is 55.8 Å². The van der Waals surface area contributed by atoms with E-state index in [4.69, 9.17) is 15.9 Å². The van der Waals surface area contributed by atoms with Gasteiger partial charge in [-0.1, -0.05) is 33.6 Å². The summed E-state index contributed by atoms with van der Waals surface area (Å²) in [6.45, 7) is 11.6. The summed E-state index contributed by atoms with van der Waals surface area (Å²) in [7, 11) is 1.59. The third-order valence-corrected chi connectivity index (χ3v) is 8.02. The molecule has 1 aromatic rings. The van der Waals surface area contributed by atoms with E-state index in [1.165, 1.54) is 0 Å². The van der Waals surface area contributed by atoms with Crippen molar-refractivity contribution in [1.29, 1.82) is 0 Å². The van der Waals surface area contributed by atoms with Crippen LogP contribution in [0.15, 0.2) is 34.7 Å². The molecule has 0 bridgehead atoms. The van der Waals surface area contributed by atoms with Crippen molar-refractivity contribution < 1.29 is 19.1 Å². The Bertz CT molecular complexity index is 1140. The molecule has 3 aliphatic rings. The number of methoxy groups -OCH3 is 1. The van der Waals surface area contributed by atoms with Gasteiger partial charge in [-0.15, -0.1) is 6.42 Å². The number of ketones is 2. The normalized spacial score (nSPS) is 21.5. The van der Waals surface area contributed by atoms with Gasteiger partial charge in [0.2, 0.25) is 0 Å². The molecule has 0 saturated carbocycles. The number of nitrogens with zero attached hydrogens (tertiary/aromatic N) is 1. The van der Waals surface area contributed by atoms with E-state index in [1.54, 1.807) is 7.11 Å². The molecule has 1 heterocycles. The smallest absolute Gasteiger partial charge is 0.175 e. The second-order valence-corrected chi connectivity index (χ2v) is 12.5. The monoisotopic (exact) mass is 587 g/mol. The molecule has 35 heavy (non-hydrogen) atoms. The van der Waals surface area contributed by atoms with Gasteiger partial charge in [-0.25, -0.2) is 0 Å². The Balaban J connectivity index is 1.99. The molecule has 2 aliphatic carbocycles. The van der Waals surface area contributed by atoms with Crippen LogP contribution in [0.1, 0.15) is 71.8 Å². The second-order valence-electron chi connectivity index (χ2n) is 11.3. The van der Waals surface area contributed by atoms with Crippen LogP contribution in [0.25, 0.3) is 0 Å². The molecule has 1 aliphatic heterocycles. The van der Waals surface area contributed by atoms with E-state index in [1.807, 2.05) is 12.1 Å². The predicted molar refractivity (Wildman–Crippen MR) is 145 cm³/mol. The lowest BCUT2D eigenvalue weighted by Gasteiger charge is -2.49. The summed E-state index contributed by atoms with van der Waals surface area (Å²) in [6.07, 6.45) is 7.96. The largest absolute Gasteiger partial charge is 0.493 e. The molecule has 6 heteroatoms. The van der Waals surface area contributed by atoms with Crippen LogP contribution in [0.5, 0.6) is 11.5 Å². The number of Topliss-reactive ketones (excluding diaryl/α,β-unsaturated/α-hetero) is 2. The fourth-order valence-electron chi connectivity index (χ4n) is 5.92. The van der Waals surface area contributed by atoms with Gasteiger partial charge in [0, 0.05) is 47.8 Å². The maximum Gasteiger partial charge on any atom is 0.175 e. The predicted octanol–water partition coefficient (Wildman–Crippen LogP) is 6.02. The number of rotatable bonds is 5. The third kappa shape index (κ3) is 4.64. The lowest BCUT2D eigenvalue weighted by Crippen LogP contribution is -2.44. The number of terminal acetylenes is 1. The Morgan fingerprint density at radius 3 is 2.03 bits per heavy atom. The van der Waals surface area contributed by atoms with Gasteiger partial charge in [0.15, 0.2) is 23.1 Å². The lowest BCUT2D eigenvalue weighted by atomic mass is 9.63. The second kappa shape index (κ2) is 9.31. The molecular formula is C29H34INO4. The quantitative estimate of drug-likeness (QED) is 0.312. The van der Waals surface area contributed by atoms with Gasteiger partial charge in [0.1, 0.15) is 6.61 Å². The van der Waals surface area contributed by atoms with E-state index >= 15 is 0 Å². The molecule has 0 unspecified atom stereocenters.